The Bertz CT molecular complexity index is 142. The third-order valence-corrected chi connectivity index (χ3v) is 0.775. The summed E-state index contributed by atoms with van der Waals surface area (Å²) in [7, 11) is 1.20. The van der Waals surface area contributed by atoms with Crippen molar-refractivity contribution in [3.05, 3.63) is 0 Å². The fourth-order valence-corrected chi connectivity index (χ4v) is 0.369. The van der Waals surface area contributed by atoms with E-state index in [9.17, 15) is 9.59 Å². The van der Waals surface area contributed by atoms with Crippen molar-refractivity contribution in [2.45, 2.75) is 6.92 Å². The molecule has 0 atom stereocenters. The van der Waals surface area contributed by atoms with Gasteiger partial charge in [0, 0.05) is 6.92 Å². The van der Waals surface area contributed by atoms with Crippen molar-refractivity contribution in [1.82, 2.24) is 0 Å². The fourth-order valence-electron chi connectivity index (χ4n) is 0.369. The van der Waals surface area contributed by atoms with Gasteiger partial charge in [0.1, 0.15) is 13.2 Å². The molecule has 0 aliphatic carbocycles. The molecular weight excluding hydrogens is 152 g/mol. The Morgan fingerprint density at radius 3 is 2.18 bits per heavy atom. The zero-order chi connectivity index (χ0) is 8.69. The van der Waals surface area contributed by atoms with Crippen LogP contribution in [-0.2, 0) is 19.0 Å². The predicted octanol–water partition coefficient (Wildman–Crippen LogP) is 0.333. The summed E-state index contributed by atoms with van der Waals surface area (Å²) in [6, 6.07) is 0. The standard InChI is InChI=1S/C6H10O5/c1-5(7)10-3-4-11-6(8)9-2/h3-4H2,1-2H3. The van der Waals surface area contributed by atoms with E-state index in [1.807, 2.05) is 0 Å². The van der Waals surface area contributed by atoms with Crippen LogP contribution in [0.4, 0.5) is 4.79 Å². The number of ether oxygens (including phenoxy) is 3. The molecule has 0 rings (SSSR count). The Morgan fingerprint density at radius 1 is 1.18 bits per heavy atom. The fraction of sp³-hybridized carbons (Fsp3) is 0.667. The van der Waals surface area contributed by atoms with Crippen molar-refractivity contribution in [3.63, 3.8) is 0 Å². The van der Waals surface area contributed by atoms with Gasteiger partial charge in [0.2, 0.25) is 0 Å². The van der Waals surface area contributed by atoms with Crippen molar-refractivity contribution >= 4 is 12.1 Å². The molecule has 0 unspecified atom stereocenters. The molecule has 0 aliphatic rings. The summed E-state index contributed by atoms with van der Waals surface area (Å²) in [5, 5.41) is 0. The second-order valence-corrected chi connectivity index (χ2v) is 1.64. The van der Waals surface area contributed by atoms with Crippen molar-refractivity contribution < 1.29 is 23.8 Å². The van der Waals surface area contributed by atoms with Crippen LogP contribution in [0.1, 0.15) is 6.92 Å². The Hall–Kier alpha value is -1.26. The maximum atomic E-state index is 10.3. The largest absolute Gasteiger partial charge is 0.508 e. The van der Waals surface area contributed by atoms with Crippen LogP contribution in [0.15, 0.2) is 0 Å². The molecule has 0 amide bonds. The van der Waals surface area contributed by atoms with Gasteiger partial charge in [-0.2, -0.15) is 0 Å². The third-order valence-electron chi connectivity index (χ3n) is 0.775. The highest BCUT2D eigenvalue weighted by Crippen LogP contribution is 1.83. The molecule has 0 saturated heterocycles. The highest BCUT2D eigenvalue weighted by Gasteiger charge is 1.99. The molecule has 0 aromatic carbocycles. The highest BCUT2D eigenvalue weighted by atomic mass is 16.7. The average molecular weight is 162 g/mol. The van der Waals surface area contributed by atoms with Crippen LogP contribution >= 0.6 is 0 Å². The van der Waals surface area contributed by atoms with Crippen LogP contribution in [0.25, 0.3) is 0 Å². The highest BCUT2D eigenvalue weighted by molar-refractivity contribution is 5.65. The number of rotatable bonds is 3. The van der Waals surface area contributed by atoms with Crippen molar-refractivity contribution in [2.24, 2.45) is 0 Å². The first kappa shape index (κ1) is 9.74. The number of hydrogen-bond acceptors (Lipinski definition) is 5. The molecule has 5 heteroatoms. The first-order valence-corrected chi connectivity index (χ1v) is 3.01. The first-order chi connectivity index (χ1) is 5.16. The summed E-state index contributed by atoms with van der Waals surface area (Å²) in [4.78, 5) is 20.4. The molecule has 11 heavy (non-hydrogen) atoms. The summed E-state index contributed by atoms with van der Waals surface area (Å²) in [6.45, 7) is 1.36. The van der Waals surface area contributed by atoms with Crippen LogP contribution in [0.3, 0.4) is 0 Å². The number of carbonyl (C=O) groups excluding carboxylic acids is 2. The molecule has 0 aromatic rings. The van der Waals surface area contributed by atoms with Crippen LogP contribution in [0.2, 0.25) is 0 Å². The van der Waals surface area contributed by atoms with Gasteiger partial charge in [-0.15, -0.1) is 0 Å². The SMILES string of the molecule is COC(=O)OCCOC(C)=O. The average Bonchev–Trinajstić information content (AvgIpc) is 1.97. The number of esters is 1. The molecule has 0 bridgehead atoms. The minimum Gasteiger partial charge on any atom is -0.462 e. The molecule has 5 nitrogen and oxygen atoms in total. The zero-order valence-electron chi connectivity index (χ0n) is 6.46. The van der Waals surface area contributed by atoms with Gasteiger partial charge in [-0.3, -0.25) is 4.79 Å². The second kappa shape index (κ2) is 5.52. The summed E-state index contributed by atoms with van der Waals surface area (Å²) in [6.07, 6.45) is -0.780. The van der Waals surface area contributed by atoms with E-state index in [1.54, 1.807) is 0 Å². The predicted molar refractivity (Wildman–Crippen MR) is 35.0 cm³/mol. The summed E-state index contributed by atoms with van der Waals surface area (Å²) < 4.78 is 13.0. The Kier molecular flexibility index (Phi) is 4.89. The van der Waals surface area contributed by atoms with Gasteiger partial charge in [0.25, 0.3) is 0 Å². The lowest BCUT2D eigenvalue weighted by atomic mass is 10.7. The summed E-state index contributed by atoms with van der Waals surface area (Å²) in [5.74, 6) is -0.404. The number of methoxy groups -OCH3 is 1. The van der Waals surface area contributed by atoms with Crippen LogP contribution in [0.5, 0.6) is 0 Å². The summed E-state index contributed by atoms with van der Waals surface area (Å²) >= 11 is 0. The van der Waals surface area contributed by atoms with E-state index in [0.717, 1.165) is 0 Å². The quantitative estimate of drug-likeness (QED) is 0.442. The molecule has 0 saturated carbocycles. The van der Waals surface area contributed by atoms with Gasteiger partial charge in [0.05, 0.1) is 7.11 Å². The van der Waals surface area contributed by atoms with Gasteiger partial charge in [-0.05, 0) is 0 Å². The summed E-state index contributed by atoms with van der Waals surface area (Å²) in [5.41, 5.74) is 0. The lowest BCUT2D eigenvalue weighted by Crippen LogP contribution is -2.11. The van der Waals surface area contributed by atoms with E-state index in [0.29, 0.717) is 0 Å². The van der Waals surface area contributed by atoms with E-state index in [1.165, 1.54) is 14.0 Å². The maximum absolute atomic E-state index is 10.3. The molecule has 0 N–H and O–H groups in total. The maximum Gasteiger partial charge on any atom is 0.508 e. The number of hydrogen-bond donors (Lipinski definition) is 0. The van der Waals surface area contributed by atoms with E-state index in [2.05, 4.69) is 14.2 Å². The first-order valence-electron chi connectivity index (χ1n) is 3.01. The van der Waals surface area contributed by atoms with E-state index in [-0.39, 0.29) is 13.2 Å². The van der Waals surface area contributed by atoms with E-state index < -0.39 is 12.1 Å². The molecule has 0 radical (unpaired) electrons. The normalized spacial score (nSPS) is 8.55. The smallest absolute Gasteiger partial charge is 0.462 e. The Labute approximate surface area is 64.2 Å². The van der Waals surface area contributed by atoms with Crippen LogP contribution in [0, 0.1) is 0 Å². The van der Waals surface area contributed by atoms with Crippen molar-refractivity contribution in [1.29, 1.82) is 0 Å². The van der Waals surface area contributed by atoms with Crippen LogP contribution < -0.4 is 0 Å². The van der Waals surface area contributed by atoms with Gasteiger partial charge in [-0.25, -0.2) is 4.79 Å². The Balaban J connectivity index is 3.14. The minimum atomic E-state index is -0.780. The second-order valence-electron chi connectivity index (χ2n) is 1.64. The van der Waals surface area contributed by atoms with Crippen LogP contribution in [-0.4, -0.2) is 32.4 Å². The topological polar surface area (TPSA) is 61.8 Å². The molecule has 0 spiro atoms. The molecular formula is C6H10O5. The van der Waals surface area contributed by atoms with Gasteiger partial charge >= 0.3 is 12.1 Å². The number of carbonyl (C=O) groups is 2. The molecule has 0 heterocycles. The monoisotopic (exact) mass is 162 g/mol. The van der Waals surface area contributed by atoms with E-state index >= 15 is 0 Å². The van der Waals surface area contributed by atoms with Gasteiger partial charge in [-0.1, -0.05) is 0 Å². The molecule has 0 aliphatic heterocycles. The van der Waals surface area contributed by atoms with Gasteiger partial charge in [0.15, 0.2) is 0 Å². The molecule has 0 fully saturated rings. The van der Waals surface area contributed by atoms with E-state index in [4.69, 9.17) is 0 Å². The molecule has 0 aromatic heterocycles. The zero-order valence-corrected chi connectivity index (χ0v) is 6.46. The lowest BCUT2D eigenvalue weighted by molar-refractivity contribution is -0.142. The minimum absolute atomic E-state index is 0.0201. The third kappa shape index (κ3) is 6.63. The van der Waals surface area contributed by atoms with Gasteiger partial charge < -0.3 is 14.2 Å². The molecule has 64 valence electrons. The Morgan fingerprint density at radius 2 is 1.73 bits per heavy atom. The van der Waals surface area contributed by atoms with Crippen molar-refractivity contribution in [3.8, 4) is 0 Å². The lowest BCUT2D eigenvalue weighted by Gasteiger charge is -2.02. The van der Waals surface area contributed by atoms with Crippen molar-refractivity contribution in [2.75, 3.05) is 20.3 Å².